The summed E-state index contributed by atoms with van der Waals surface area (Å²) < 4.78 is 0.983. The van der Waals surface area contributed by atoms with Gasteiger partial charge in [0.15, 0.2) is 11.5 Å². The average Bonchev–Trinajstić information content (AvgIpc) is 3.16. The molecule has 0 aliphatic rings. The van der Waals surface area contributed by atoms with E-state index in [0.717, 1.165) is 26.4 Å². The number of benzene rings is 3. The van der Waals surface area contributed by atoms with Crippen LogP contribution in [-0.4, -0.2) is 16.0 Å². The molecule has 6 nitrogen and oxygen atoms in total. The lowest BCUT2D eigenvalue weighted by Crippen LogP contribution is -2.16. The highest BCUT2D eigenvalue weighted by molar-refractivity contribution is 7.18. The molecule has 2 N–H and O–H groups in total. The molecule has 4 rings (SSSR count). The van der Waals surface area contributed by atoms with Crippen LogP contribution in [0.3, 0.4) is 0 Å². The summed E-state index contributed by atoms with van der Waals surface area (Å²) in [6, 6.07) is 20.1. The number of amides is 1. The molecular weight excluding hydrogens is 420 g/mol. The molecule has 1 heterocycles. The normalized spacial score (nSPS) is 12.2. The molecule has 0 aliphatic heterocycles. The quantitative estimate of drug-likeness (QED) is 0.201. The number of carbonyl (C=O) groups excluding carboxylic acids is 1. The van der Waals surface area contributed by atoms with E-state index in [2.05, 4.69) is 20.5 Å². The maximum atomic E-state index is 13.2. The Kier molecular flexibility index (Phi) is 6.09. The van der Waals surface area contributed by atoms with Gasteiger partial charge >= 0.3 is 0 Å². The summed E-state index contributed by atoms with van der Waals surface area (Å²) in [6.07, 6.45) is 0. The number of para-hydroxylation sites is 1. The largest absolute Gasteiger partial charge is 0.505 e. The second-order valence-corrected chi connectivity index (χ2v) is 8.60. The van der Waals surface area contributed by atoms with Gasteiger partial charge in [-0.1, -0.05) is 48.5 Å². The number of aromatic nitrogens is 1. The molecule has 0 saturated heterocycles. The Labute approximate surface area is 190 Å². The van der Waals surface area contributed by atoms with E-state index in [1.54, 1.807) is 41.7 Å². The van der Waals surface area contributed by atoms with Crippen molar-refractivity contribution in [3.8, 4) is 0 Å². The minimum absolute atomic E-state index is 0.167. The van der Waals surface area contributed by atoms with Gasteiger partial charge in [0.1, 0.15) is 0 Å². The predicted octanol–water partition coefficient (Wildman–Crippen LogP) is 6.87. The van der Waals surface area contributed by atoms with Gasteiger partial charge in [-0.3, -0.25) is 4.79 Å². The van der Waals surface area contributed by atoms with E-state index < -0.39 is 5.91 Å². The fourth-order valence-corrected chi connectivity index (χ4v) is 4.18. The Morgan fingerprint density at radius 1 is 0.969 bits per heavy atom. The predicted molar refractivity (Wildman–Crippen MR) is 129 cm³/mol. The van der Waals surface area contributed by atoms with Crippen LogP contribution in [0.1, 0.15) is 21.7 Å². The molecule has 0 fully saturated rings. The van der Waals surface area contributed by atoms with E-state index in [-0.39, 0.29) is 11.5 Å². The van der Waals surface area contributed by atoms with Crippen molar-refractivity contribution in [3.63, 3.8) is 0 Å². The van der Waals surface area contributed by atoms with Gasteiger partial charge in [0, 0.05) is 11.3 Å². The van der Waals surface area contributed by atoms with Gasteiger partial charge in [-0.2, -0.15) is 5.11 Å². The van der Waals surface area contributed by atoms with Crippen LogP contribution in [0.5, 0.6) is 0 Å². The zero-order valence-corrected chi connectivity index (χ0v) is 18.8. The van der Waals surface area contributed by atoms with Crippen LogP contribution in [-0.2, 0) is 4.79 Å². The van der Waals surface area contributed by atoms with Gasteiger partial charge in [-0.05, 0) is 50.1 Å². The van der Waals surface area contributed by atoms with Crippen LogP contribution >= 0.6 is 11.3 Å². The van der Waals surface area contributed by atoms with Crippen LogP contribution in [0.4, 0.5) is 11.4 Å². The topological polar surface area (TPSA) is 86.9 Å². The van der Waals surface area contributed by atoms with Crippen LogP contribution in [0.2, 0.25) is 0 Å². The van der Waals surface area contributed by atoms with Crippen molar-refractivity contribution in [1.82, 2.24) is 4.98 Å². The summed E-state index contributed by atoms with van der Waals surface area (Å²) >= 11 is 1.56. The number of rotatable bonds is 5. The van der Waals surface area contributed by atoms with Crippen molar-refractivity contribution in [2.24, 2.45) is 10.2 Å². The third-order valence-electron chi connectivity index (χ3n) is 4.95. The number of nitrogens with zero attached hydrogens (tertiary/aromatic N) is 3. The van der Waals surface area contributed by atoms with Crippen molar-refractivity contribution in [3.05, 3.63) is 94.1 Å². The number of aliphatic hydroxyl groups is 1. The van der Waals surface area contributed by atoms with Gasteiger partial charge < -0.3 is 10.4 Å². The highest BCUT2D eigenvalue weighted by atomic mass is 32.1. The second-order valence-electron chi connectivity index (χ2n) is 7.37. The number of hydrogen-bond donors (Lipinski definition) is 2. The molecule has 160 valence electrons. The number of aliphatic hydroxyl groups excluding tert-OH is 1. The first-order chi connectivity index (χ1) is 15.4. The summed E-state index contributed by atoms with van der Waals surface area (Å²) in [4.78, 5) is 17.6. The molecule has 32 heavy (non-hydrogen) atoms. The van der Waals surface area contributed by atoms with E-state index >= 15 is 0 Å². The second kappa shape index (κ2) is 9.11. The molecule has 0 aliphatic carbocycles. The van der Waals surface area contributed by atoms with Gasteiger partial charge in [0.05, 0.1) is 20.9 Å². The van der Waals surface area contributed by atoms with Gasteiger partial charge in [-0.15, -0.1) is 16.5 Å². The molecule has 0 unspecified atom stereocenters. The van der Waals surface area contributed by atoms with Crippen molar-refractivity contribution < 1.29 is 9.90 Å². The number of thiazole rings is 1. The third kappa shape index (κ3) is 4.58. The fraction of sp³-hybridized carbons (Fsp3) is 0.120. The standard InChI is InChI=1S/C25H22N4O2S/c1-15-8-7-9-16(2)22(15)27-25(31)23(24(30)18-10-5-4-6-11-18)29-28-19-12-13-20-21(14-19)32-17(3)26-20/h4-14,30H,1-3H3,(H,27,31)/b24-23+,29-28?. The summed E-state index contributed by atoms with van der Waals surface area (Å²) in [5, 5.41) is 23.1. The molecule has 4 aromatic rings. The zero-order chi connectivity index (χ0) is 22.7. The number of anilines is 1. The van der Waals surface area contributed by atoms with Crippen molar-refractivity contribution in [2.75, 3.05) is 5.32 Å². The van der Waals surface area contributed by atoms with Gasteiger partial charge in [0.2, 0.25) is 0 Å². The highest BCUT2D eigenvalue weighted by Gasteiger charge is 2.19. The van der Waals surface area contributed by atoms with Crippen LogP contribution in [0.15, 0.2) is 82.7 Å². The molecule has 0 atom stereocenters. The molecule has 1 aromatic heterocycles. The van der Waals surface area contributed by atoms with Gasteiger partial charge in [-0.25, -0.2) is 4.98 Å². The van der Waals surface area contributed by atoms with E-state index in [9.17, 15) is 9.90 Å². The molecule has 0 saturated carbocycles. The molecule has 7 heteroatoms. The Hall–Kier alpha value is -3.84. The first-order valence-corrected chi connectivity index (χ1v) is 10.9. The molecular formula is C25H22N4O2S. The van der Waals surface area contributed by atoms with Crippen LogP contribution < -0.4 is 5.32 Å². The molecule has 0 radical (unpaired) electrons. The summed E-state index contributed by atoms with van der Waals surface area (Å²) in [7, 11) is 0. The number of azo groups is 1. The zero-order valence-electron chi connectivity index (χ0n) is 18.0. The number of nitrogens with one attached hydrogen (secondary N) is 1. The van der Waals surface area contributed by atoms with Crippen LogP contribution in [0, 0.1) is 20.8 Å². The first kappa shape index (κ1) is 21.4. The lowest BCUT2D eigenvalue weighted by molar-refractivity contribution is -0.112. The first-order valence-electron chi connectivity index (χ1n) is 10.1. The molecule has 0 bridgehead atoms. The lowest BCUT2D eigenvalue weighted by atomic mass is 10.1. The number of fused-ring (bicyclic) bond motifs is 1. The lowest BCUT2D eigenvalue weighted by Gasteiger charge is -2.12. The van der Waals surface area contributed by atoms with E-state index in [0.29, 0.717) is 16.9 Å². The van der Waals surface area contributed by atoms with Crippen LogP contribution in [0.25, 0.3) is 16.0 Å². The number of hydrogen-bond acceptors (Lipinski definition) is 6. The van der Waals surface area contributed by atoms with E-state index in [4.69, 9.17) is 0 Å². The Morgan fingerprint density at radius 2 is 1.69 bits per heavy atom. The van der Waals surface area contributed by atoms with Crippen molar-refractivity contribution in [2.45, 2.75) is 20.8 Å². The summed E-state index contributed by atoms with van der Waals surface area (Å²) in [5.74, 6) is -0.782. The van der Waals surface area contributed by atoms with E-state index in [1.165, 1.54) is 0 Å². The maximum Gasteiger partial charge on any atom is 0.280 e. The average molecular weight is 443 g/mol. The number of aryl methyl sites for hydroxylation is 3. The molecule has 3 aromatic carbocycles. The smallest absolute Gasteiger partial charge is 0.280 e. The summed E-state index contributed by atoms with van der Waals surface area (Å²) in [6.45, 7) is 5.77. The Balaban J connectivity index is 1.73. The molecule has 0 spiro atoms. The highest BCUT2D eigenvalue weighted by Crippen LogP contribution is 2.28. The SMILES string of the molecule is Cc1nc2ccc(N=N/C(C(=O)Nc3c(C)cccc3C)=C(/O)c3ccccc3)cc2s1. The van der Waals surface area contributed by atoms with Crippen molar-refractivity contribution in [1.29, 1.82) is 0 Å². The van der Waals surface area contributed by atoms with Crippen molar-refractivity contribution >= 4 is 44.6 Å². The summed E-state index contributed by atoms with van der Waals surface area (Å²) in [5.41, 5.74) is 4.29. The minimum Gasteiger partial charge on any atom is -0.505 e. The Morgan fingerprint density at radius 3 is 2.41 bits per heavy atom. The Bertz CT molecular complexity index is 1340. The molecule has 1 amide bonds. The number of carbonyl (C=O) groups is 1. The maximum absolute atomic E-state index is 13.2. The third-order valence-corrected chi connectivity index (χ3v) is 5.88. The monoisotopic (exact) mass is 442 g/mol. The minimum atomic E-state index is -0.540. The fourth-order valence-electron chi connectivity index (χ4n) is 3.32. The van der Waals surface area contributed by atoms with E-state index in [1.807, 2.05) is 57.2 Å². The van der Waals surface area contributed by atoms with Gasteiger partial charge in [0.25, 0.3) is 5.91 Å².